The lowest BCUT2D eigenvalue weighted by Gasteiger charge is -2.22. The Morgan fingerprint density at radius 3 is 2.18 bits per heavy atom. The number of aliphatic hydroxyl groups excluding tert-OH is 1. The minimum atomic E-state index is -1.30. The first kappa shape index (κ1) is 15.7. The minimum Gasteiger partial charge on any atom is -0.480 e. The predicted octanol–water partition coefficient (Wildman–Crippen LogP) is -0.930. The summed E-state index contributed by atoms with van der Waals surface area (Å²) in [5, 5.41) is 22.6. The highest BCUT2D eigenvalue weighted by Gasteiger charge is 2.24. The molecule has 0 fully saturated rings. The third-order valence-corrected chi connectivity index (χ3v) is 2.47. The van der Waals surface area contributed by atoms with E-state index in [4.69, 9.17) is 10.2 Å². The molecule has 0 aromatic rings. The van der Waals surface area contributed by atoms with Crippen LogP contribution in [0.1, 0.15) is 13.8 Å². The molecule has 0 aliphatic rings. The van der Waals surface area contributed by atoms with Crippen LogP contribution in [0.15, 0.2) is 0 Å². The Labute approximate surface area is 101 Å². The van der Waals surface area contributed by atoms with Gasteiger partial charge in [-0.05, 0) is 27.9 Å². The van der Waals surface area contributed by atoms with Crippen molar-refractivity contribution >= 4 is 12.0 Å². The Morgan fingerprint density at radius 1 is 1.29 bits per heavy atom. The number of hydrogen-bond donors (Lipinski definition) is 4. The fourth-order valence-electron chi connectivity index (χ4n) is 1.00. The molecular weight excluding hydrogens is 226 g/mol. The van der Waals surface area contributed by atoms with Gasteiger partial charge in [0.25, 0.3) is 0 Å². The van der Waals surface area contributed by atoms with Crippen molar-refractivity contribution in [3.05, 3.63) is 0 Å². The second-order valence-electron chi connectivity index (χ2n) is 4.22. The van der Waals surface area contributed by atoms with Gasteiger partial charge in [-0.1, -0.05) is 0 Å². The van der Waals surface area contributed by atoms with E-state index in [1.165, 1.54) is 6.92 Å². The largest absolute Gasteiger partial charge is 0.480 e. The van der Waals surface area contributed by atoms with E-state index in [9.17, 15) is 9.59 Å². The van der Waals surface area contributed by atoms with Gasteiger partial charge in [0.2, 0.25) is 0 Å². The molecule has 100 valence electrons. The Morgan fingerprint density at radius 2 is 1.82 bits per heavy atom. The lowest BCUT2D eigenvalue weighted by molar-refractivity contribution is -0.141. The summed E-state index contributed by atoms with van der Waals surface area (Å²) >= 11 is 0. The summed E-state index contributed by atoms with van der Waals surface area (Å²) in [6, 6.07) is -1.77. The predicted molar refractivity (Wildman–Crippen MR) is 62.8 cm³/mol. The lowest BCUT2D eigenvalue weighted by Crippen LogP contribution is -2.52. The smallest absolute Gasteiger partial charge is 0.328 e. The third-order valence-electron chi connectivity index (χ3n) is 2.47. The zero-order valence-corrected chi connectivity index (χ0v) is 10.6. The fourth-order valence-corrected chi connectivity index (χ4v) is 1.00. The lowest BCUT2D eigenvalue weighted by atomic mass is 10.2. The number of rotatable bonds is 6. The van der Waals surface area contributed by atoms with Crippen molar-refractivity contribution in [1.29, 1.82) is 0 Å². The molecule has 0 radical (unpaired) electrons. The highest BCUT2D eigenvalue weighted by Crippen LogP contribution is 1.93. The quantitative estimate of drug-likeness (QED) is 0.486. The van der Waals surface area contributed by atoms with Crippen molar-refractivity contribution < 1.29 is 19.8 Å². The third kappa shape index (κ3) is 6.08. The van der Waals surface area contributed by atoms with Gasteiger partial charge in [-0.3, -0.25) is 0 Å². The summed E-state index contributed by atoms with van der Waals surface area (Å²) in [7, 11) is 3.75. The summed E-state index contributed by atoms with van der Waals surface area (Å²) in [4.78, 5) is 24.0. The summed E-state index contributed by atoms with van der Waals surface area (Å²) in [5.74, 6) is -1.27. The van der Waals surface area contributed by atoms with Gasteiger partial charge in [0.15, 0.2) is 6.04 Å². The summed E-state index contributed by atoms with van der Waals surface area (Å²) in [6.07, 6.45) is -1.15. The number of likely N-dealkylation sites (N-methyl/N-ethyl adjacent to an activating group) is 1. The van der Waals surface area contributed by atoms with Crippen LogP contribution in [0, 0.1) is 0 Å². The van der Waals surface area contributed by atoms with Crippen LogP contribution in [0.5, 0.6) is 0 Å². The Hall–Kier alpha value is -1.34. The molecule has 0 aromatic carbocycles. The number of aliphatic hydroxyl groups is 1. The molecule has 1 unspecified atom stereocenters. The number of carboxylic acids is 1. The van der Waals surface area contributed by atoms with E-state index in [0.29, 0.717) is 6.54 Å². The standard InChI is InChI=1S/C10H21N3O4/c1-6(13(3)4)5-11-10(17)12-8(7(2)14)9(15)16/h6-8,14H,5H2,1-4H3,(H,15,16)(H2,11,12,17)/t6?,7-,8+/m1/s1. The van der Waals surface area contributed by atoms with Crippen molar-refractivity contribution in [1.82, 2.24) is 15.5 Å². The molecule has 7 nitrogen and oxygen atoms in total. The highest BCUT2D eigenvalue weighted by atomic mass is 16.4. The van der Waals surface area contributed by atoms with Gasteiger partial charge in [-0.15, -0.1) is 0 Å². The number of hydrogen-bond acceptors (Lipinski definition) is 4. The molecule has 0 aromatic heterocycles. The van der Waals surface area contributed by atoms with Gasteiger partial charge in [0.05, 0.1) is 6.10 Å². The Kier molecular flexibility index (Phi) is 6.52. The van der Waals surface area contributed by atoms with Crippen LogP contribution in [0.25, 0.3) is 0 Å². The topological polar surface area (TPSA) is 102 Å². The van der Waals surface area contributed by atoms with E-state index >= 15 is 0 Å². The SMILES string of the molecule is CC(CNC(=O)N[C@H](C(=O)O)[C@@H](C)O)N(C)C. The summed E-state index contributed by atoms with van der Waals surface area (Å²) in [5.41, 5.74) is 0. The maximum absolute atomic E-state index is 11.4. The maximum atomic E-state index is 11.4. The number of nitrogens with zero attached hydrogens (tertiary/aromatic N) is 1. The van der Waals surface area contributed by atoms with E-state index in [0.717, 1.165) is 0 Å². The second-order valence-corrected chi connectivity index (χ2v) is 4.22. The van der Waals surface area contributed by atoms with Gasteiger partial charge in [0, 0.05) is 12.6 Å². The Bertz CT molecular complexity index is 268. The van der Waals surface area contributed by atoms with Crippen molar-refractivity contribution in [2.24, 2.45) is 0 Å². The molecular formula is C10H21N3O4. The number of carbonyl (C=O) groups is 2. The minimum absolute atomic E-state index is 0.135. The number of aliphatic carboxylic acids is 1. The first-order valence-corrected chi connectivity index (χ1v) is 5.37. The van der Waals surface area contributed by atoms with E-state index in [2.05, 4.69) is 10.6 Å². The highest BCUT2D eigenvalue weighted by molar-refractivity contribution is 5.82. The molecule has 0 aliphatic heterocycles. The zero-order chi connectivity index (χ0) is 13.6. The molecule has 0 bridgehead atoms. The fraction of sp³-hybridized carbons (Fsp3) is 0.800. The Balaban J connectivity index is 4.12. The number of nitrogens with one attached hydrogen (secondary N) is 2. The van der Waals surface area contributed by atoms with Gasteiger partial charge < -0.3 is 25.7 Å². The molecule has 0 saturated carbocycles. The first-order chi connectivity index (χ1) is 7.75. The van der Waals surface area contributed by atoms with E-state index in [1.54, 1.807) is 0 Å². The van der Waals surface area contributed by atoms with Crippen LogP contribution in [0.3, 0.4) is 0 Å². The number of urea groups is 1. The summed E-state index contributed by atoms with van der Waals surface area (Å²) in [6.45, 7) is 3.62. The molecule has 0 aliphatic carbocycles. The molecule has 4 N–H and O–H groups in total. The zero-order valence-electron chi connectivity index (χ0n) is 10.6. The van der Waals surface area contributed by atoms with Crippen molar-refractivity contribution in [2.75, 3.05) is 20.6 Å². The van der Waals surface area contributed by atoms with Crippen LogP contribution in [0.4, 0.5) is 4.79 Å². The first-order valence-electron chi connectivity index (χ1n) is 5.37. The van der Waals surface area contributed by atoms with Gasteiger partial charge >= 0.3 is 12.0 Å². The van der Waals surface area contributed by atoms with Crippen LogP contribution < -0.4 is 10.6 Å². The molecule has 17 heavy (non-hydrogen) atoms. The monoisotopic (exact) mass is 247 g/mol. The van der Waals surface area contributed by atoms with Crippen molar-refractivity contribution in [3.63, 3.8) is 0 Å². The number of amides is 2. The molecule has 0 rings (SSSR count). The van der Waals surface area contributed by atoms with Crippen LogP contribution in [0.2, 0.25) is 0 Å². The summed E-state index contributed by atoms with van der Waals surface area (Å²) < 4.78 is 0. The van der Waals surface area contributed by atoms with Gasteiger partial charge in [-0.25, -0.2) is 9.59 Å². The van der Waals surface area contributed by atoms with Crippen LogP contribution in [-0.2, 0) is 4.79 Å². The molecule has 3 atom stereocenters. The van der Waals surface area contributed by atoms with E-state index in [1.807, 2.05) is 25.9 Å². The van der Waals surface area contributed by atoms with Gasteiger partial charge in [-0.2, -0.15) is 0 Å². The average Bonchev–Trinajstić information content (AvgIpc) is 2.21. The molecule has 0 heterocycles. The van der Waals surface area contributed by atoms with Crippen molar-refractivity contribution in [3.8, 4) is 0 Å². The number of carboxylic acid groups (broad SMARTS) is 1. The molecule has 0 spiro atoms. The normalized spacial score (nSPS) is 16.1. The second kappa shape index (κ2) is 7.08. The van der Waals surface area contributed by atoms with E-state index < -0.39 is 24.1 Å². The van der Waals surface area contributed by atoms with Gasteiger partial charge in [0.1, 0.15) is 0 Å². The number of carbonyl (C=O) groups excluding carboxylic acids is 1. The molecule has 7 heteroatoms. The molecule has 2 amide bonds. The average molecular weight is 247 g/mol. The molecule has 0 saturated heterocycles. The maximum Gasteiger partial charge on any atom is 0.328 e. The van der Waals surface area contributed by atoms with Crippen LogP contribution in [-0.4, -0.2) is 65.9 Å². The van der Waals surface area contributed by atoms with E-state index in [-0.39, 0.29) is 6.04 Å². The van der Waals surface area contributed by atoms with Crippen LogP contribution >= 0.6 is 0 Å². The van der Waals surface area contributed by atoms with Crippen molar-refractivity contribution in [2.45, 2.75) is 32.0 Å².